The highest BCUT2D eigenvalue weighted by molar-refractivity contribution is 8.00. The summed E-state index contributed by atoms with van der Waals surface area (Å²) in [4.78, 5) is 25.3. The number of hydrogen-bond acceptors (Lipinski definition) is 3. The summed E-state index contributed by atoms with van der Waals surface area (Å²) in [6.07, 6.45) is 0. The molecule has 6 heteroatoms. The molecule has 1 N–H and O–H groups in total. The fourth-order valence-electron chi connectivity index (χ4n) is 1.61. The molecular formula is C14H18ClNO3S. The van der Waals surface area contributed by atoms with Gasteiger partial charge in [0.05, 0.1) is 16.7 Å². The van der Waals surface area contributed by atoms with Crippen LogP contribution in [0.5, 0.6) is 0 Å². The van der Waals surface area contributed by atoms with Gasteiger partial charge in [-0.25, -0.2) is 0 Å². The van der Waals surface area contributed by atoms with Crippen molar-refractivity contribution in [1.29, 1.82) is 0 Å². The summed E-state index contributed by atoms with van der Waals surface area (Å²) < 4.78 is 0. The first-order chi connectivity index (χ1) is 9.45. The molecule has 0 bridgehead atoms. The first kappa shape index (κ1) is 16.9. The van der Waals surface area contributed by atoms with Crippen molar-refractivity contribution >= 4 is 35.2 Å². The Morgan fingerprint density at radius 3 is 2.60 bits per heavy atom. The van der Waals surface area contributed by atoms with Crippen LogP contribution in [-0.4, -0.2) is 40.7 Å². The quantitative estimate of drug-likeness (QED) is 0.786. The molecule has 0 radical (unpaired) electrons. The second-order valence-corrected chi connectivity index (χ2v) is 5.82. The Morgan fingerprint density at radius 1 is 1.40 bits per heavy atom. The number of carboxylic acid groups (broad SMARTS) is 1. The smallest absolute Gasteiger partial charge is 0.308 e. The van der Waals surface area contributed by atoms with Crippen molar-refractivity contribution in [2.45, 2.75) is 18.7 Å². The average molecular weight is 316 g/mol. The Kier molecular flexibility index (Phi) is 6.88. The number of rotatable bonds is 7. The Morgan fingerprint density at radius 2 is 2.05 bits per heavy atom. The summed E-state index contributed by atoms with van der Waals surface area (Å²) in [7, 11) is 0. The molecule has 110 valence electrons. The Hall–Kier alpha value is -1.20. The van der Waals surface area contributed by atoms with E-state index in [4.69, 9.17) is 16.7 Å². The standard InChI is InChI=1S/C14H18ClNO3S/c1-3-16(8-10(2)14(18)19)13(17)9-20-12-7-5-4-6-11(12)15/h4-7,10H,3,8-9H2,1-2H3,(H,18,19). The van der Waals surface area contributed by atoms with E-state index < -0.39 is 11.9 Å². The molecule has 0 aliphatic heterocycles. The van der Waals surface area contributed by atoms with Crippen LogP contribution >= 0.6 is 23.4 Å². The van der Waals surface area contributed by atoms with Crippen molar-refractivity contribution in [2.24, 2.45) is 5.92 Å². The molecule has 0 aromatic heterocycles. The summed E-state index contributed by atoms with van der Waals surface area (Å²) in [6.45, 7) is 4.17. The van der Waals surface area contributed by atoms with E-state index in [2.05, 4.69) is 0 Å². The molecule has 4 nitrogen and oxygen atoms in total. The maximum absolute atomic E-state index is 12.1. The van der Waals surface area contributed by atoms with E-state index in [1.807, 2.05) is 25.1 Å². The summed E-state index contributed by atoms with van der Waals surface area (Å²) in [5, 5.41) is 9.51. The van der Waals surface area contributed by atoms with Crippen LogP contribution in [0.15, 0.2) is 29.2 Å². The number of carbonyl (C=O) groups excluding carboxylic acids is 1. The largest absolute Gasteiger partial charge is 0.481 e. The topological polar surface area (TPSA) is 57.6 Å². The van der Waals surface area contributed by atoms with Crippen LogP contribution < -0.4 is 0 Å². The van der Waals surface area contributed by atoms with Gasteiger partial charge in [0, 0.05) is 18.0 Å². The zero-order chi connectivity index (χ0) is 15.1. The normalized spacial score (nSPS) is 11.9. The third-order valence-corrected chi connectivity index (χ3v) is 4.34. The first-order valence-corrected chi connectivity index (χ1v) is 7.70. The zero-order valence-corrected chi connectivity index (χ0v) is 13.1. The molecule has 1 aromatic carbocycles. The number of aliphatic carboxylic acids is 1. The molecule has 1 rings (SSSR count). The van der Waals surface area contributed by atoms with E-state index in [0.29, 0.717) is 11.6 Å². The van der Waals surface area contributed by atoms with Gasteiger partial charge in [-0.3, -0.25) is 9.59 Å². The lowest BCUT2D eigenvalue weighted by Gasteiger charge is -2.22. The maximum atomic E-state index is 12.1. The highest BCUT2D eigenvalue weighted by Crippen LogP contribution is 2.26. The maximum Gasteiger partial charge on any atom is 0.308 e. The van der Waals surface area contributed by atoms with E-state index in [1.54, 1.807) is 17.9 Å². The monoisotopic (exact) mass is 315 g/mol. The van der Waals surface area contributed by atoms with Gasteiger partial charge in [-0.05, 0) is 19.1 Å². The third kappa shape index (κ3) is 5.06. The number of amides is 1. The van der Waals surface area contributed by atoms with E-state index in [0.717, 1.165) is 4.90 Å². The Labute approximate surface area is 128 Å². The Bertz CT molecular complexity index is 481. The number of benzene rings is 1. The van der Waals surface area contributed by atoms with E-state index in [-0.39, 0.29) is 18.2 Å². The average Bonchev–Trinajstić information content (AvgIpc) is 2.43. The molecule has 0 saturated carbocycles. The predicted molar refractivity (Wildman–Crippen MR) is 81.2 cm³/mol. The number of halogens is 1. The van der Waals surface area contributed by atoms with Gasteiger partial charge in [0.1, 0.15) is 0 Å². The van der Waals surface area contributed by atoms with Crippen LogP contribution in [0.3, 0.4) is 0 Å². The van der Waals surface area contributed by atoms with Crippen LogP contribution in [0.25, 0.3) is 0 Å². The zero-order valence-electron chi connectivity index (χ0n) is 11.5. The number of nitrogens with zero attached hydrogens (tertiary/aromatic N) is 1. The molecule has 1 unspecified atom stereocenters. The molecule has 0 spiro atoms. The minimum atomic E-state index is -0.894. The number of carboxylic acids is 1. The minimum Gasteiger partial charge on any atom is -0.481 e. The molecule has 0 aliphatic carbocycles. The molecule has 1 atom stereocenters. The van der Waals surface area contributed by atoms with Gasteiger partial charge in [-0.2, -0.15) is 0 Å². The van der Waals surface area contributed by atoms with Gasteiger partial charge < -0.3 is 10.0 Å². The summed E-state index contributed by atoms with van der Waals surface area (Å²) in [5.41, 5.74) is 0. The van der Waals surface area contributed by atoms with Crippen molar-refractivity contribution < 1.29 is 14.7 Å². The molecule has 0 aliphatic rings. The fraction of sp³-hybridized carbons (Fsp3) is 0.429. The molecular weight excluding hydrogens is 298 g/mol. The van der Waals surface area contributed by atoms with Crippen molar-refractivity contribution in [3.8, 4) is 0 Å². The van der Waals surface area contributed by atoms with Crippen LogP contribution in [0, 0.1) is 5.92 Å². The van der Waals surface area contributed by atoms with E-state index >= 15 is 0 Å². The van der Waals surface area contributed by atoms with Gasteiger partial charge >= 0.3 is 5.97 Å². The molecule has 1 aromatic rings. The summed E-state index contributed by atoms with van der Waals surface area (Å²) in [6, 6.07) is 7.33. The molecule has 0 heterocycles. The lowest BCUT2D eigenvalue weighted by atomic mass is 10.2. The molecule has 1 amide bonds. The third-order valence-electron chi connectivity index (χ3n) is 2.84. The lowest BCUT2D eigenvalue weighted by molar-refractivity contribution is -0.142. The lowest BCUT2D eigenvalue weighted by Crippen LogP contribution is -2.37. The first-order valence-electron chi connectivity index (χ1n) is 6.33. The highest BCUT2D eigenvalue weighted by atomic mass is 35.5. The van der Waals surface area contributed by atoms with Crippen molar-refractivity contribution in [1.82, 2.24) is 4.90 Å². The van der Waals surface area contributed by atoms with Gasteiger partial charge in [0.15, 0.2) is 0 Å². The predicted octanol–water partition coefficient (Wildman–Crippen LogP) is 3.00. The number of carbonyl (C=O) groups is 2. The molecule has 20 heavy (non-hydrogen) atoms. The van der Waals surface area contributed by atoms with Crippen LogP contribution in [0.2, 0.25) is 5.02 Å². The summed E-state index contributed by atoms with van der Waals surface area (Å²) >= 11 is 7.39. The second kappa shape index (κ2) is 8.17. The van der Waals surface area contributed by atoms with Crippen molar-refractivity contribution in [3.05, 3.63) is 29.3 Å². The van der Waals surface area contributed by atoms with Crippen molar-refractivity contribution in [2.75, 3.05) is 18.8 Å². The van der Waals surface area contributed by atoms with Crippen LogP contribution in [-0.2, 0) is 9.59 Å². The fourth-order valence-corrected chi connectivity index (χ4v) is 2.75. The summed E-state index contributed by atoms with van der Waals surface area (Å²) in [5.74, 6) is -1.28. The molecule has 0 saturated heterocycles. The van der Waals surface area contributed by atoms with E-state index in [1.165, 1.54) is 11.8 Å². The van der Waals surface area contributed by atoms with Gasteiger partial charge in [0.25, 0.3) is 0 Å². The Balaban J connectivity index is 2.56. The van der Waals surface area contributed by atoms with Crippen LogP contribution in [0.4, 0.5) is 0 Å². The SMILES string of the molecule is CCN(CC(C)C(=O)O)C(=O)CSc1ccccc1Cl. The minimum absolute atomic E-state index is 0.0782. The van der Waals surface area contributed by atoms with Gasteiger partial charge in [-0.1, -0.05) is 30.7 Å². The number of hydrogen-bond donors (Lipinski definition) is 1. The van der Waals surface area contributed by atoms with Gasteiger partial charge in [0.2, 0.25) is 5.91 Å². The molecule has 0 fully saturated rings. The van der Waals surface area contributed by atoms with Gasteiger partial charge in [-0.15, -0.1) is 11.8 Å². The second-order valence-electron chi connectivity index (χ2n) is 4.39. The van der Waals surface area contributed by atoms with E-state index in [9.17, 15) is 9.59 Å². The van der Waals surface area contributed by atoms with Crippen LogP contribution in [0.1, 0.15) is 13.8 Å². The van der Waals surface area contributed by atoms with Crippen molar-refractivity contribution in [3.63, 3.8) is 0 Å². The number of thioether (sulfide) groups is 1. The highest BCUT2D eigenvalue weighted by Gasteiger charge is 2.19.